The molecule has 0 bridgehead atoms. The predicted octanol–water partition coefficient (Wildman–Crippen LogP) is 3.06. The SMILES string of the molecule is O=C(Cc1cccc(Cl)c1)Nc1cncc2cnoc12. The largest absolute Gasteiger partial charge is 0.354 e. The molecular weight excluding hydrogens is 278 g/mol. The third kappa shape index (κ3) is 2.62. The number of rotatable bonds is 3. The van der Waals surface area contributed by atoms with Gasteiger partial charge in [-0.3, -0.25) is 9.78 Å². The Kier molecular flexibility index (Phi) is 3.35. The van der Waals surface area contributed by atoms with Gasteiger partial charge in [-0.15, -0.1) is 0 Å². The first-order chi connectivity index (χ1) is 9.72. The molecule has 5 nitrogen and oxygen atoms in total. The first kappa shape index (κ1) is 12.6. The normalized spacial score (nSPS) is 10.7. The average molecular weight is 288 g/mol. The van der Waals surface area contributed by atoms with Gasteiger partial charge in [0.2, 0.25) is 5.91 Å². The molecule has 3 aromatic rings. The van der Waals surface area contributed by atoms with E-state index < -0.39 is 0 Å². The molecule has 0 aliphatic rings. The fourth-order valence-corrected chi connectivity index (χ4v) is 2.12. The van der Waals surface area contributed by atoms with Crippen LogP contribution >= 0.6 is 11.6 Å². The van der Waals surface area contributed by atoms with Gasteiger partial charge in [0.15, 0.2) is 5.58 Å². The molecule has 0 saturated carbocycles. The first-order valence-electron chi connectivity index (χ1n) is 5.95. The van der Waals surface area contributed by atoms with E-state index >= 15 is 0 Å². The molecule has 1 aromatic carbocycles. The Morgan fingerprint density at radius 1 is 1.30 bits per heavy atom. The van der Waals surface area contributed by atoms with Crippen LogP contribution in [0.4, 0.5) is 5.69 Å². The van der Waals surface area contributed by atoms with Crippen molar-refractivity contribution in [2.75, 3.05) is 5.32 Å². The van der Waals surface area contributed by atoms with Crippen LogP contribution in [0.25, 0.3) is 11.0 Å². The van der Waals surface area contributed by atoms with Gasteiger partial charge in [0.05, 0.1) is 24.2 Å². The number of anilines is 1. The summed E-state index contributed by atoms with van der Waals surface area (Å²) in [6.45, 7) is 0. The zero-order chi connectivity index (χ0) is 13.9. The number of carbonyl (C=O) groups is 1. The second-order valence-electron chi connectivity index (χ2n) is 4.29. The molecule has 0 aliphatic heterocycles. The predicted molar refractivity (Wildman–Crippen MR) is 75.6 cm³/mol. The Balaban J connectivity index is 1.77. The van der Waals surface area contributed by atoms with Gasteiger partial charge < -0.3 is 9.84 Å². The summed E-state index contributed by atoms with van der Waals surface area (Å²) in [4.78, 5) is 16.0. The van der Waals surface area contributed by atoms with Crippen molar-refractivity contribution in [2.24, 2.45) is 0 Å². The summed E-state index contributed by atoms with van der Waals surface area (Å²) in [5.74, 6) is -0.169. The molecule has 0 radical (unpaired) electrons. The van der Waals surface area contributed by atoms with Crippen molar-refractivity contribution in [2.45, 2.75) is 6.42 Å². The van der Waals surface area contributed by atoms with Gasteiger partial charge >= 0.3 is 0 Å². The summed E-state index contributed by atoms with van der Waals surface area (Å²) in [6, 6.07) is 7.18. The lowest BCUT2D eigenvalue weighted by Crippen LogP contribution is -2.14. The number of nitrogens with one attached hydrogen (secondary N) is 1. The Hall–Kier alpha value is -2.40. The minimum absolute atomic E-state index is 0.169. The van der Waals surface area contributed by atoms with Crippen LogP contribution in [0, 0.1) is 0 Å². The lowest BCUT2D eigenvalue weighted by molar-refractivity contribution is -0.115. The van der Waals surface area contributed by atoms with Crippen molar-refractivity contribution >= 4 is 34.2 Å². The zero-order valence-electron chi connectivity index (χ0n) is 10.3. The molecule has 0 unspecified atom stereocenters. The summed E-state index contributed by atoms with van der Waals surface area (Å²) in [5.41, 5.74) is 1.86. The van der Waals surface area contributed by atoms with Gasteiger partial charge in [0, 0.05) is 11.2 Å². The number of nitrogens with zero attached hydrogens (tertiary/aromatic N) is 2. The zero-order valence-corrected chi connectivity index (χ0v) is 11.1. The van der Waals surface area contributed by atoms with Gasteiger partial charge in [-0.05, 0) is 17.7 Å². The van der Waals surface area contributed by atoms with Crippen LogP contribution in [0.15, 0.2) is 47.4 Å². The van der Waals surface area contributed by atoms with Crippen LogP contribution in [0.5, 0.6) is 0 Å². The van der Waals surface area contributed by atoms with Crippen molar-refractivity contribution in [1.29, 1.82) is 0 Å². The third-order valence-corrected chi connectivity index (χ3v) is 3.02. The number of halogens is 1. The smallest absolute Gasteiger partial charge is 0.228 e. The Bertz CT molecular complexity index is 770. The van der Waals surface area contributed by atoms with Crippen molar-refractivity contribution in [3.8, 4) is 0 Å². The van der Waals surface area contributed by atoms with Crippen LogP contribution in [0.1, 0.15) is 5.56 Å². The van der Waals surface area contributed by atoms with E-state index in [9.17, 15) is 4.79 Å². The number of hydrogen-bond acceptors (Lipinski definition) is 4. The molecule has 1 amide bonds. The van der Waals surface area contributed by atoms with E-state index in [1.165, 1.54) is 6.20 Å². The van der Waals surface area contributed by atoms with Crippen molar-refractivity contribution in [1.82, 2.24) is 10.1 Å². The van der Waals surface area contributed by atoms with Crippen molar-refractivity contribution in [3.63, 3.8) is 0 Å². The summed E-state index contributed by atoms with van der Waals surface area (Å²) in [7, 11) is 0. The summed E-state index contributed by atoms with van der Waals surface area (Å²) in [5, 5.41) is 7.79. The van der Waals surface area contributed by atoms with Crippen LogP contribution < -0.4 is 5.32 Å². The molecule has 100 valence electrons. The van der Waals surface area contributed by atoms with Gasteiger partial charge in [0.25, 0.3) is 0 Å². The molecule has 0 fully saturated rings. The summed E-state index contributed by atoms with van der Waals surface area (Å²) < 4.78 is 5.09. The molecule has 2 heterocycles. The van der Waals surface area contributed by atoms with Crippen molar-refractivity contribution < 1.29 is 9.32 Å². The minimum Gasteiger partial charge on any atom is -0.354 e. The average Bonchev–Trinajstić information content (AvgIpc) is 2.88. The molecule has 6 heteroatoms. The Morgan fingerprint density at radius 2 is 2.20 bits per heavy atom. The highest BCUT2D eigenvalue weighted by molar-refractivity contribution is 6.30. The number of fused-ring (bicyclic) bond motifs is 1. The molecular formula is C14H10ClN3O2. The van der Waals surface area contributed by atoms with Gasteiger partial charge in [-0.25, -0.2) is 0 Å². The molecule has 0 spiro atoms. The molecule has 3 rings (SSSR count). The van der Waals surface area contributed by atoms with E-state index in [1.807, 2.05) is 12.1 Å². The highest BCUT2D eigenvalue weighted by Crippen LogP contribution is 2.21. The summed E-state index contributed by atoms with van der Waals surface area (Å²) >= 11 is 5.89. The van der Waals surface area contributed by atoms with Crippen LogP contribution in [0.2, 0.25) is 5.02 Å². The molecule has 0 saturated heterocycles. The molecule has 20 heavy (non-hydrogen) atoms. The number of benzene rings is 1. The minimum atomic E-state index is -0.169. The molecule has 0 atom stereocenters. The standard InChI is InChI=1S/C14H10ClN3O2/c15-11-3-1-2-9(4-11)5-13(19)18-12-8-16-6-10-7-17-20-14(10)12/h1-4,6-8H,5H2,(H,18,19). The quantitative estimate of drug-likeness (QED) is 0.804. The third-order valence-electron chi connectivity index (χ3n) is 2.79. The van der Waals surface area contributed by atoms with Gasteiger partial charge in [-0.2, -0.15) is 0 Å². The van der Waals surface area contributed by atoms with E-state index in [4.69, 9.17) is 16.1 Å². The number of amides is 1. The van der Waals surface area contributed by atoms with Gasteiger partial charge in [0.1, 0.15) is 5.69 Å². The van der Waals surface area contributed by atoms with Crippen molar-refractivity contribution in [3.05, 3.63) is 53.4 Å². The molecule has 1 N–H and O–H groups in total. The van der Waals surface area contributed by atoms with E-state index in [1.54, 1.807) is 24.5 Å². The van der Waals surface area contributed by atoms with Crippen LogP contribution in [-0.4, -0.2) is 16.0 Å². The lowest BCUT2D eigenvalue weighted by Gasteiger charge is -2.05. The second-order valence-corrected chi connectivity index (χ2v) is 4.72. The maximum atomic E-state index is 12.0. The second kappa shape index (κ2) is 5.30. The maximum absolute atomic E-state index is 12.0. The first-order valence-corrected chi connectivity index (χ1v) is 6.33. The van der Waals surface area contributed by atoms with E-state index in [0.717, 1.165) is 10.9 Å². The van der Waals surface area contributed by atoms with E-state index in [0.29, 0.717) is 16.3 Å². The van der Waals surface area contributed by atoms with Crippen LogP contribution in [-0.2, 0) is 11.2 Å². The topological polar surface area (TPSA) is 68.0 Å². The molecule has 0 aliphatic carbocycles. The molecule has 2 aromatic heterocycles. The van der Waals surface area contributed by atoms with E-state index in [2.05, 4.69) is 15.5 Å². The van der Waals surface area contributed by atoms with E-state index in [-0.39, 0.29) is 12.3 Å². The highest BCUT2D eigenvalue weighted by atomic mass is 35.5. The fraction of sp³-hybridized carbons (Fsp3) is 0.0714. The number of hydrogen-bond donors (Lipinski definition) is 1. The number of pyridine rings is 1. The maximum Gasteiger partial charge on any atom is 0.228 e. The highest BCUT2D eigenvalue weighted by Gasteiger charge is 2.10. The number of aromatic nitrogens is 2. The lowest BCUT2D eigenvalue weighted by atomic mass is 10.1. The van der Waals surface area contributed by atoms with Gasteiger partial charge in [-0.1, -0.05) is 28.9 Å². The van der Waals surface area contributed by atoms with Crippen LogP contribution in [0.3, 0.4) is 0 Å². The summed E-state index contributed by atoms with van der Waals surface area (Å²) in [6.07, 6.45) is 4.93. The Labute approximate surface area is 119 Å². The Morgan fingerprint density at radius 3 is 3.05 bits per heavy atom. The number of carbonyl (C=O) groups excluding carboxylic acids is 1. The fourth-order valence-electron chi connectivity index (χ4n) is 1.91. The monoisotopic (exact) mass is 287 g/mol.